The van der Waals surface area contributed by atoms with E-state index in [1.165, 1.54) is 0 Å². The highest BCUT2D eigenvalue weighted by molar-refractivity contribution is 8.92. The quantitative estimate of drug-likeness (QED) is 0.584. The third kappa shape index (κ3) is 3.28. The predicted octanol–water partition coefficient (Wildman–Crippen LogP) is 3.05. The van der Waals surface area contributed by atoms with Gasteiger partial charge in [-0.05, 0) is 28.1 Å². The van der Waals surface area contributed by atoms with Crippen molar-refractivity contribution in [1.29, 1.82) is 10.5 Å². The van der Waals surface area contributed by atoms with E-state index in [1.54, 1.807) is 0 Å². The maximum atomic E-state index is 8.53. The summed E-state index contributed by atoms with van der Waals surface area (Å²) in [6, 6.07) is 9.65. The first-order chi connectivity index (χ1) is 6.38. The van der Waals surface area contributed by atoms with Gasteiger partial charge in [-0.25, -0.2) is 0 Å². The molecule has 0 bridgehead atoms. The molecule has 0 aliphatic rings. The van der Waals surface area contributed by atoms with E-state index in [0.29, 0.717) is 0 Å². The van der Waals surface area contributed by atoms with E-state index in [2.05, 4.69) is 0 Å². The Labute approximate surface area is 86.2 Å². The summed E-state index contributed by atoms with van der Waals surface area (Å²) >= 11 is 2.33. The van der Waals surface area contributed by atoms with E-state index in [-0.39, 0.29) is 0 Å². The van der Waals surface area contributed by atoms with Gasteiger partial charge in [0.05, 0.1) is 6.33 Å². The number of nitriles is 2. The molecule has 0 heterocycles. The van der Waals surface area contributed by atoms with E-state index in [9.17, 15) is 0 Å². The Morgan fingerprint density at radius 1 is 1.00 bits per heavy atom. The van der Waals surface area contributed by atoms with Gasteiger partial charge in [-0.2, -0.15) is 10.5 Å². The van der Waals surface area contributed by atoms with Gasteiger partial charge in [0.1, 0.15) is 10.8 Å². The first kappa shape index (κ1) is 10.4. The fourth-order valence-electron chi connectivity index (χ4n) is 0.748. The maximum absolute atomic E-state index is 8.53. The maximum Gasteiger partial charge on any atom is 0.139 e. The number of hydrogen-bond donors (Lipinski definition) is 0. The second kappa shape index (κ2) is 5.89. The molecule has 0 fully saturated rings. The number of benzene rings is 1. The summed E-state index contributed by atoms with van der Waals surface area (Å²) in [5, 5.41) is 22.2. The molecule has 0 aliphatic carbocycles. The Hall–Kier alpha value is -0.670. The summed E-state index contributed by atoms with van der Waals surface area (Å²) in [6.45, 7) is 0. The fraction of sp³-hybridized carbons (Fsp3) is 0. The molecule has 1 rings (SSSR count). The zero-order chi connectivity index (χ0) is 9.52. The van der Waals surface area contributed by atoms with Crippen LogP contribution in [0.3, 0.4) is 0 Å². The van der Waals surface area contributed by atoms with Crippen molar-refractivity contribution in [3.63, 3.8) is 0 Å². The summed E-state index contributed by atoms with van der Waals surface area (Å²) in [4.78, 5) is 0. The van der Waals surface area contributed by atoms with Crippen LogP contribution in [0.15, 0.2) is 30.3 Å². The minimum absolute atomic E-state index is 0.745. The summed E-state index contributed by atoms with van der Waals surface area (Å²) in [5.41, 5.74) is 0. The largest absolute Gasteiger partial charge is 0.185 e. The Balaban J connectivity index is 2.78. The molecule has 0 aliphatic heterocycles. The van der Waals surface area contributed by atoms with Crippen LogP contribution in [0.2, 0.25) is 0 Å². The normalized spacial score (nSPS) is 9.15. The van der Waals surface area contributed by atoms with Crippen LogP contribution in [0.25, 0.3) is 0 Å². The van der Waals surface area contributed by atoms with Gasteiger partial charge in [0.25, 0.3) is 0 Å². The van der Waals surface area contributed by atoms with E-state index in [0.717, 1.165) is 28.1 Å². The summed E-state index contributed by atoms with van der Waals surface area (Å²) < 4.78 is 0. The van der Waals surface area contributed by atoms with Gasteiger partial charge < -0.3 is 0 Å². The molecule has 0 aromatic heterocycles. The molecular formula is C8H5N2PS2. The van der Waals surface area contributed by atoms with Crippen LogP contribution in [-0.2, 0) is 0 Å². The van der Waals surface area contributed by atoms with E-state index in [1.807, 2.05) is 41.1 Å². The second-order valence-corrected chi connectivity index (χ2v) is 7.70. The Kier molecular flexibility index (Phi) is 4.72. The Morgan fingerprint density at radius 3 is 2.00 bits per heavy atom. The van der Waals surface area contributed by atoms with Crippen LogP contribution in [-0.4, -0.2) is 0 Å². The van der Waals surface area contributed by atoms with Gasteiger partial charge in [-0.1, -0.05) is 30.3 Å². The molecule has 0 spiro atoms. The third-order valence-corrected chi connectivity index (χ3v) is 6.52. The first-order valence-corrected chi connectivity index (χ1v) is 7.54. The minimum atomic E-state index is -0.745. The lowest BCUT2D eigenvalue weighted by atomic mass is 10.4. The molecule has 1 aromatic rings. The van der Waals surface area contributed by atoms with Crippen LogP contribution in [0.5, 0.6) is 0 Å². The number of thiocyanates is 2. The van der Waals surface area contributed by atoms with E-state index < -0.39 is 6.33 Å². The van der Waals surface area contributed by atoms with Gasteiger partial charge in [0.2, 0.25) is 0 Å². The van der Waals surface area contributed by atoms with Gasteiger partial charge in [-0.3, -0.25) is 0 Å². The minimum Gasteiger partial charge on any atom is -0.185 e. The van der Waals surface area contributed by atoms with Crippen LogP contribution in [0, 0.1) is 21.3 Å². The van der Waals surface area contributed by atoms with Crippen LogP contribution in [0.1, 0.15) is 0 Å². The second-order valence-electron chi connectivity index (χ2n) is 1.96. The molecule has 13 heavy (non-hydrogen) atoms. The molecule has 0 amide bonds. The zero-order valence-electron chi connectivity index (χ0n) is 6.54. The molecule has 1 aromatic carbocycles. The highest BCUT2D eigenvalue weighted by atomic mass is 33.1. The Bertz CT molecular complexity index is 325. The SMILES string of the molecule is N#CSP(SC#N)c1ccccc1. The molecule has 0 atom stereocenters. The van der Waals surface area contributed by atoms with Crippen LogP contribution in [0.4, 0.5) is 0 Å². The molecular weight excluding hydrogens is 219 g/mol. The number of hydrogen-bond acceptors (Lipinski definition) is 4. The topological polar surface area (TPSA) is 47.6 Å². The molecule has 2 nitrogen and oxygen atoms in total. The van der Waals surface area contributed by atoms with E-state index >= 15 is 0 Å². The third-order valence-electron chi connectivity index (χ3n) is 1.21. The average Bonchev–Trinajstić information content (AvgIpc) is 2.19. The van der Waals surface area contributed by atoms with Crippen molar-refractivity contribution in [2.75, 3.05) is 0 Å². The van der Waals surface area contributed by atoms with Gasteiger partial charge >= 0.3 is 0 Å². The Morgan fingerprint density at radius 2 is 1.54 bits per heavy atom. The molecule has 0 saturated carbocycles. The lowest BCUT2D eigenvalue weighted by Crippen LogP contribution is -1.92. The van der Waals surface area contributed by atoms with Crippen molar-refractivity contribution in [3.05, 3.63) is 30.3 Å². The molecule has 0 saturated heterocycles. The molecule has 0 N–H and O–H groups in total. The zero-order valence-corrected chi connectivity index (χ0v) is 9.07. The number of rotatable bonds is 3. The standard InChI is InChI=1S/C8H5N2PS2/c9-6-12-11(13-7-10)8-4-2-1-3-5-8/h1-5H. The van der Waals surface area contributed by atoms with Crippen molar-refractivity contribution in [2.45, 2.75) is 0 Å². The highest BCUT2D eigenvalue weighted by Crippen LogP contribution is 2.58. The van der Waals surface area contributed by atoms with Gasteiger partial charge in [-0.15, -0.1) is 0 Å². The summed E-state index contributed by atoms with van der Waals surface area (Å²) in [5.74, 6) is 0. The van der Waals surface area contributed by atoms with Gasteiger partial charge in [0.15, 0.2) is 0 Å². The number of nitrogens with zero attached hydrogens (tertiary/aromatic N) is 2. The first-order valence-electron chi connectivity index (χ1n) is 3.35. The molecule has 0 unspecified atom stereocenters. The van der Waals surface area contributed by atoms with Crippen LogP contribution < -0.4 is 5.30 Å². The average molecular weight is 224 g/mol. The van der Waals surface area contributed by atoms with Crippen molar-refractivity contribution < 1.29 is 0 Å². The fourth-order valence-corrected chi connectivity index (χ4v) is 4.41. The highest BCUT2D eigenvalue weighted by Gasteiger charge is 2.11. The molecule has 0 radical (unpaired) electrons. The summed E-state index contributed by atoms with van der Waals surface area (Å²) in [6.07, 6.45) is -0.745. The smallest absolute Gasteiger partial charge is 0.139 e. The predicted molar refractivity (Wildman–Crippen MR) is 59.4 cm³/mol. The van der Waals surface area contributed by atoms with Crippen LogP contribution >= 0.6 is 29.1 Å². The molecule has 64 valence electrons. The lowest BCUT2D eigenvalue weighted by Gasteiger charge is -2.06. The lowest BCUT2D eigenvalue weighted by molar-refractivity contribution is 1.57. The monoisotopic (exact) mass is 224 g/mol. The van der Waals surface area contributed by atoms with Crippen molar-refractivity contribution in [2.24, 2.45) is 0 Å². The molecule has 5 heteroatoms. The summed E-state index contributed by atoms with van der Waals surface area (Å²) in [7, 11) is 0. The van der Waals surface area contributed by atoms with Crippen molar-refractivity contribution in [3.8, 4) is 10.8 Å². The van der Waals surface area contributed by atoms with Crippen molar-refractivity contribution >= 4 is 34.4 Å². The van der Waals surface area contributed by atoms with Gasteiger partial charge in [0, 0.05) is 0 Å². The van der Waals surface area contributed by atoms with E-state index in [4.69, 9.17) is 10.5 Å². The van der Waals surface area contributed by atoms with Crippen molar-refractivity contribution in [1.82, 2.24) is 0 Å².